The normalized spacial score (nSPS) is 9.77. The first-order valence-corrected chi connectivity index (χ1v) is 4.90. The number of hydrogen-bond acceptors (Lipinski definition) is 2. The van der Waals surface area contributed by atoms with E-state index in [1.165, 1.54) is 0 Å². The van der Waals surface area contributed by atoms with Crippen molar-refractivity contribution in [3.8, 4) is 0 Å². The maximum absolute atomic E-state index is 10.4. The molecule has 1 amide bonds. The van der Waals surface area contributed by atoms with E-state index in [-0.39, 0.29) is 18.3 Å². The van der Waals surface area contributed by atoms with Gasteiger partial charge in [-0.25, -0.2) is 0 Å². The van der Waals surface area contributed by atoms with E-state index in [4.69, 9.17) is 28.9 Å². The van der Waals surface area contributed by atoms with Crippen molar-refractivity contribution in [2.75, 3.05) is 31.4 Å². The van der Waals surface area contributed by atoms with E-state index in [9.17, 15) is 4.79 Å². The quantitative estimate of drug-likeness (QED) is 0.686. The second-order valence-corrected chi connectivity index (χ2v) is 3.19. The van der Waals surface area contributed by atoms with Crippen molar-refractivity contribution in [2.45, 2.75) is 6.42 Å². The van der Waals surface area contributed by atoms with Gasteiger partial charge in [-0.1, -0.05) is 0 Å². The molecule has 6 heteroatoms. The topological polar surface area (TPSA) is 46.3 Å². The fourth-order valence-corrected chi connectivity index (χ4v) is 1.32. The molecule has 0 bridgehead atoms. The first kappa shape index (κ1) is 15.8. The first-order valence-electron chi connectivity index (χ1n) is 3.83. The molecule has 0 spiro atoms. The Morgan fingerprint density at radius 2 is 1.62 bits per heavy atom. The molecule has 2 N–H and O–H groups in total. The molecule has 0 saturated carbocycles. The van der Waals surface area contributed by atoms with E-state index in [0.717, 1.165) is 13.1 Å². The number of nitrogens with zero attached hydrogens (tertiary/aromatic N) is 1. The third-order valence-electron chi connectivity index (χ3n) is 1.48. The van der Waals surface area contributed by atoms with Crippen molar-refractivity contribution >= 4 is 41.5 Å². The van der Waals surface area contributed by atoms with Crippen molar-refractivity contribution in [3.05, 3.63) is 0 Å². The Bertz CT molecular complexity index is 129. The van der Waals surface area contributed by atoms with E-state index < -0.39 is 0 Å². The fraction of sp³-hybridized carbons (Fsp3) is 0.857. The molecule has 0 aromatic carbocycles. The largest absolute Gasteiger partial charge is 0.370 e. The van der Waals surface area contributed by atoms with Gasteiger partial charge in [-0.05, 0) is 0 Å². The molecule has 13 heavy (non-hydrogen) atoms. The number of carbonyl (C=O) groups excluding carboxylic acids is 1. The Kier molecular flexibility index (Phi) is 12.6. The SMILES string of the molecule is Cl.NC(=O)CCN(CCCl)CCCl. The maximum atomic E-state index is 10.4. The summed E-state index contributed by atoms with van der Waals surface area (Å²) in [5.41, 5.74) is 5.00. The lowest BCUT2D eigenvalue weighted by atomic mass is 10.3. The molecule has 0 rings (SSSR count). The van der Waals surface area contributed by atoms with Crippen LogP contribution in [0.5, 0.6) is 0 Å². The minimum Gasteiger partial charge on any atom is -0.370 e. The molecule has 3 nitrogen and oxygen atoms in total. The maximum Gasteiger partial charge on any atom is 0.218 e. The number of nitrogens with two attached hydrogens (primary N) is 1. The lowest BCUT2D eigenvalue weighted by molar-refractivity contribution is -0.118. The van der Waals surface area contributed by atoms with Gasteiger partial charge in [0, 0.05) is 37.8 Å². The van der Waals surface area contributed by atoms with Crippen LogP contribution in [0.1, 0.15) is 6.42 Å². The predicted octanol–water partition coefficient (Wildman–Crippen LogP) is 1.06. The molecule has 0 radical (unpaired) electrons. The number of rotatable bonds is 7. The van der Waals surface area contributed by atoms with Gasteiger partial charge in [0.05, 0.1) is 0 Å². The number of hydrogen-bond donors (Lipinski definition) is 1. The highest BCUT2D eigenvalue weighted by atomic mass is 35.5. The lowest BCUT2D eigenvalue weighted by Crippen LogP contribution is -2.31. The number of halogens is 3. The van der Waals surface area contributed by atoms with Gasteiger partial charge in [0.1, 0.15) is 0 Å². The van der Waals surface area contributed by atoms with Crippen LogP contribution >= 0.6 is 35.6 Å². The van der Waals surface area contributed by atoms with Crippen molar-refractivity contribution in [1.29, 1.82) is 0 Å². The van der Waals surface area contributed by atoms with Crippen molar-refractivity contribution in [1.82, 2.24) is 4.90 Å². The molecule has 0 unspecified atom stereocenters. The average molecular weight is 250 g/mol. The monoisotopic (exact) mass is 248 g/mol. The molecule has 80 valence electrons. The zero-order chi connectivity index (χ0) is 9.40. The van der Waals surface area contributed by atoms with Crippen LogP contribution in [0.3, 0.4) is 0 Å². The summed E-state index contributed by atoms with van der Waals surface area (Å²) in [6.45, 7) is 2.15. The zero-order valence-electron chi connectivity index (χ0n) is 7.34. The summed E-state index contributed by atoms with van der Waals surface area (Å²) in [6.07, 6.45) is 0.369. The summed E-state index contributed by atoms with van der Waals surface area (Å²) in [5, 5.41) is 0. The summed E-state index contributed by atoms with van der Waals surface area (Å²) >= 11 is 11.1. The minimum atomic E-state index is -0.288. The Morgan fingerprint density at radius 1 is 1.15 bits per heavy atom. The zero-order valence-corrected chi connectivity index (χ0v) is 9.67. The molecule has 0 aromatic rings. The Labute approximate surface area is 94.9 Å². The van der Waals surface area contributed by atoms with Gasteiger partial charge in [-0.2, -0.15) is 0 Å². The summed E-state index contributed by atoms with van der Waals surface area (Å²) in [7, 11) is 0. The van der Waals surface area contributed by atoms with E-state index in [0.29, 0.717) is 24.7 Å². The summed E-state index contributed by atoms with van der Waals surface area (Å²) < 4.78 is 0. The molecule has 0 aliphatic carbocycles. The molecular weight excluding hydrogens is 234 g/mol. The molecule has 0 heterocycles. The highest BCUT2D eigenvalue weighted by Gasteiger charge is 2.04. The summed E-state index contributed by atoms with van der Waals surface area (Å²) in [6, 6.07) is 0. The predicted molar refractivity (Wildman–Crippen MR) is 58.9 cm³/mol. The van der Waals surface area contributed by atoms with Crippen LogP contribution in [0, 0.1) is 0 Å². The number of amides is 1. The number of alkyl halides is 2. The smallest absolute Gasteiger partial charge is 0.218 e. The van der Waals surface area contributed by atoms with Crippen molar-refractivity contribution in [3.63, 3.8) is 0 Å². The van der Waals surface area contributed by atoms with Crippen LogP contribution in [-0.2, 0) is 4.79 Å². The summed E-state index contributed by atoms with van der Waals surface area (Å²) in [5.74, 6) is 0.815. The van der Waals surface area contributed by atoms with Crippen molar-refractivity contribution in [2.24, 2.45) is 5.73 Å². The Hall–Kier alpha value is 0.300. The van der Waals surface area contributed by atoms with Gasteiger partial charge in [0.15, 0.2) is 0 Å². The van der Waals surface area contributed by atoms with Crippen molar-refractivity contribution < 1.29 is 4.79 Å². The molecule has 0 fully saturated rings. The highest BCUT2D eigenvalue weighted by molar-refractivity contribution is 6.18. The minimum absolute atomic E-state index is 0. The van der Waals surface area contributed by atoms with E-state index >= 15 is 0 Å². The van der Waals surface area contributed by atoms with Gasteiger partial charge in [-0.15, -0.1) is 35.6 Å². The Morgan fingerprint density at radius 3 is 1.92 bits per heavy atom. The third kappa shape index (κ3) is 10.2. The van der Waals surface area contributed by atoms with Crippen LogP contribution in [0.15, 0.2) is 0 Å². The number of primary amides is 1. The van der Waals surface area contributed by atoms with Crippen LogP contribution in [0.4, 0.5) is 0 Å². The van der Waals surface area contributed by atoms with Gasteiger partial charge in [0.25, 0.3) is 0 Å². The Balaban J connectivity index is 0. The van der Waals surface area contributed by atoms with Crippen LogP contribution in [0.25, 0.3) is 0 Å². The standard InChI is InChI=1S/C7H14Cl2N2O.ClH/c8-2-5-11(6-3-9)4-1-7(10)12;/h1-6H2,(H2,10,12);1H. The van der Waals surface area contributed by atoms with E-state index in [1.807, 2.05) is 4.90 Å². The molecule has 0 aromatic heterocycles. The van der Waals surface area contributed by atoms with Gasteiger partial charge in [0.2, 0.25) is 5.91 Å². The molecule has 0 aliphatic heterocycles. The molecular formula is C7H15Cl3N2O. The fourth-order valence-electron chi connectivity index (χ4n) is 0.843. The highest BCUT2D eigenvalue weighted by Crippen LogP contribution is 1.93. The second kappa shape index (κ2) is 10.4. The molecule has 0 aliphatic rings. The summed E-state index contributed by atoms with van der Waals surface area (Å²) in [4.78, 5) is 12.5. The number of carbonyl (C=O) groups is 1. The third-order valence-corrected chi connectivity index (χ3v) is 1.81. The molecule has 0 atom stereocenters. The lowest BCUT2D eigenvalue weighted by Gasteiger charge is -2.18. The average Bonchev–Trinajstić information content (AvgIpc) is 2.01. The first-order chi connectivity index (χ1) is 5.70. The van der Waals surface area contributed by atoms with E-state index in [1.54, 1.807) is 0 Å². The van der Waals surface area contributed by atoms with Crippen LogP contribution < -0.4 is 5.73 Å². The van der Waals surface area contributed by atoms with E-state index in [2.05, 4.69) is 0 Å². The van der Waals surface area contributed by atoms with Gasteiger partial charge in [-0.3, -0.25) is 4.79 Å². The van der Waals surface area contributed by atoms with Crippen LogP contribution in [0.2, 0.25) is 0 Å². The van der Waals surface area contributed by atoms with Gasteiger partial charge >= 0.3 is 0 Å². The molecule has 0 saturated heterocycles. The second-order valence-electron chi connectivity index (χ2n) is 2.44. The van der Waals surface area contributed by atoms with Crippen LogP contribution in [-0.4, -0.2) is 42.2 Å². The van der Waals surface area contributed by atoms with Gasteiger partial charge < -0.3 is 10.6 Å².